The summed E-state index contributed by atoms with van der Waals surface area (Å²) in [6, 6.07) is 18.0. The van der Waals surface area contributed by atoms with Crippen LogP contribution in [0.2, 0.25) is 0 Å². The van der Waals surface area contributed by atoms with Crippen molar-refractivity contribution >= 4 is 28.4 Å². The predicted octanol–water partition coefficient (Wildman–Crippen LogP) is 2.67. The van der Waals surface area contributed by atoms with Gasteiger partial charge in [0.05, 0.1) is 31.1 Å². The van der Waals surface area contributed by atoms with Gasteiger partial charge in [-0.3, -0.25) is 5.01 Å². The van der Waals surface area contributed by atoms with Gasteiger partial charge in [-0.05, 0) is 52.4 Å². The number of amidine groups is 1. The summed E-state index contributed by atoms with van der Waals surface area (Å²) < 4.78 is 8.12. The van der Waals surface area contributed by atoms with Gasteiger partial charge < -0.3 is 4.74 Å². The number of hydrazine groups is 2. The van der Waals surface area contributed by atoms with Crippen molar-refractivity contribution in [2.45, 2.75) is 6.54 Å². The Bertz CT molecular complexity index is 923. The van der Waals surface area contributed by atoms with E-state index in [0.29, 0.717) is 6.54 Å². The first-order chi connectivity index (χ1) is 12.8. The molecule has 0 amide bonds. The summed E-state index contributed by atoms with van der Waals surface area (Å²) in [7, 11) is 1.66. The summed E-state index contributed by atoms with van der Waals surface area (Å²) >= 11 is 2.30. The second kappa shape index (κ2) is 7.34. The first-order valence-corrected chi connectivity index (χ1v) is 9.12. The summed E-state index contributed by atoms with van der Waals surface area (Å²) in [5.41, 5.74) is 9.02. The molecule has 0 spiro atoms. The van der Waals surface area contributed by atoms with Crippen LogP contribution in [-0.2, 0) is 6.54 Å². The van der Waals surface area contributed by atoms with Gasteiger partial charge in [0.15, 0.2) is 5.84 Å². The molecule has 7 nitrogen and oxygen atoms in total. The molecule has 4 rings (SSSR count). The van der Waals surface area contributed by atoms with Gasteiger partial charge in [0, 0.05) is 0 Å². The van der Waals surface area contributed by atoms with Crippen LogP contribution < -0.4 is 15.8 Å². The minimum absolute atomic E-state index is 0.655. The molecule has 1 aliphatic rings. The van der Waals surface area contributed by atoms with E-state index in [1.165, 1.54) is 0 Å². The first-order valence-electron chi connectivity index (χ1n) is 8.04. The minimum atomic E-state index is 0.655. The van der Waals surface area contributed by atoms with Gasteiger partial charge >= 0.3 is 0 Å². The van der Waals surface area contributed by atoms with E-state index in [0.717, 1.165) is 32.1 Å². The third kappa shape index (κ3) is 3.25. The van der Waals surface area contributed by atoms with Crippen molar-refractivity contribution in [2.75, 3.05) is 7.11 Å². The topological polar surface area (TPSA) is 66.7 Å². The molecule has 26 heavy (non-hydrogen) atoms. The van der Waals surface area contributed by atoms with E-state index in [1.807, 2.05) is 70.5 Å². The number of nitrogens with one attached hydrogen (secondary N) is 2. The highest BCUT2D eigenvalue weighted by Crippen LogP contribution is 2.21. The molecule has 2 heterocycles. The molecule has 0 bridgehead atoms. The number of methoxy groups -OCH3 is 1. The molecule has 0 unspecified atom stereocenters. The van der Waals surface area contributed by atoms with Crippen LogP contribution in [0.25, 0.3) is 5.69 Å². The predicted molar refractivity (Wildman–Crippen MR) is 108 cm³/mol. The van der Waals surface area contributed by atoms with E-state index >= 15 is 0 Å². The van der Waals surface area contributed by atoms with Gasteiger partial charge in [-0.2, -0.15) is 5.10 Å². The molecular formula is C18H17IN6O. The fourth-order valence-electron chi connectivity index (χ4n) is 2.72. The monoisotopic (exact) mass is 460 g/mol. The molecule has 0 atom stereocenters. The normalized spacial score (nSPS) is 13.5. The number of hydrogen-bond donors (Lipinski definition) is 2. The lowest BCUT2D eigenvalue weighted by Crippen LogP contribution is -2.40. The molecule has 3 aromatic rings. The van der Waals surface area contributed by atoms with Gasteiger partial charge in [-0.15, -0.1) is 10.6 Å². The average molecular weight is 460 g/mol. The molecule has 0 radical (unpaired) electrons. The van der Waals surface area contributed by atoms with Gasteiger partial charge in [-0.1, -0.05) is 30.3 Å². The summed E-state index contributed by atoms with van der Waals surface area (Å²) in [6.45, 7) is 0.655. The Labute approximate surface area is 164 Å². The third-order valence-electron chi connectivity index (χ3n) is 4.05. The lowest BCUT2D eigenvalue weighted by molar-refractivity contribution is 0.288. The minimum Gasteiger partial charge on any atom is -0.497 e. The van der Waals surface area contributed by atoms with Crippen LogP contribution in [0.1, 0.15) is 11.1 Å². The number of aromatic nitrogens is 2. The Morgan fingerprint density at radius 1 is 1.08 bits per heavy atom. The zero-order valence-corrected chi connectivity index (χ0v) is 16.2. The number of rotatable bonds is 5. The number of halogens is 1. The van der Waals surface area contributed by atoms with Crippen LogP contribution in [0.15, 0.2) is 65.9 Å². The van der Waals surface area contributed by atoms with E-state index < -0.39 is 0 Å². The molecular weight excluding hydrogens is 443 g/mol. The van der Waals surface area contributed by atoms with Crippen molar-refractivity contribution in [1.82, 2.24) is 25.9 Å². The maximum absolute atomic E-state index is 5.21. The molecule has 2 aromatic carbocycles. The van der Waals surface area contributed by atoms with Gasteiger partial charge in [0.25, 0.3) is 0 Å². The second-order valence-corrected chi connectivity index (χ2v) is 6.71. The molecule has 132 valence electrons. The fraction of sp³-hybridized carbons (Fsp3) is 0.111. The van der Waals surface area contributed by atoms with E-state index in [4.69, 9.17) is 4.74 Å². The summed E-state index contributed by atoms with van der Waals surface area (Å²) in [5, 5.41) is 10.9. The zero-order valence-electron chi connectivity index (χ0n) is 14.1. The average Bonchev–Trinajstić information content (AvgIpc) is 3.29. The van der Waals surface area contributed by atoms with Crippen LogP contribution in [-0.4, -0.2) is 27.7 Å². The van der Waals surface area contributed by atoms with E-state index in [1.54, 1.807) is 7.11 Å². The Hall–Kier alpha value is -2.59. The molecule has 1 aromatic heterocycles. The lowest BCUT2D eigenvalue weighted by atomic mass is 10.2. The highest BCUT2D eigenvalue weighted by molar-refractivity contribution is 14.1. The quantitative estimate of drug-likeness (QED) is 0.574. The fourth-order valence-corrected chi connectivity index (χ4v) is 3.50. The SMILES string of the molecule is COc1ccc(CN2NNN=C2c2cnn(-c3ccccc3)c2I)cc1. The molecule has 0 saturated heterocycles. The summed E-state index contributed by atoms with van der Waals surface area (Å²) in [4.78, 5) is 0. The van der Waals surface area contributed by atoms with Gasteiger partial charge in [-0.25, -0.2) is 10.2 Å². The van der Waals surface area contributed by atoms with E-state index in [-0.39, 0.29) is 0 Å². The number of ether oxygens (including phenoxy) is 1. The third-order valence-corrected chi connectivity index (χ3v) is 5.09. The van der Waals surface area contributed by atoms with Crippen LogP contribution in [0.5, 0.6) is 5.75 Å². The van der Waals surface area contributed by atoms with E-state index in [9.17, 15) is 0 Å². The maximum atomic E-state index is 5.21. The van der Waals surface area contributed by atoms with Crippen LogP contribution in [0.4, 0.5) is 0 Å². The summed E-state index contributed by atoms with van der Waals surface area (Å²) in [6.07, 6.45) is 1.84. The van der Waals surface area contributed by atoms with Crippen molar-refractivity contribution < 1.29 is 4.74 Å². The van der Waals surface area contributed by atoms with Crippen molar-refractivity contribution in [3.63, 3.8) is 0 Å². The zero-order chi connectivity index (χ0) is 17.9. The smallest absolute Gasteiger partial charge is 0.177 e. The molecule has 0 saturated carbocycles. The van der Waals surface area contributed by atoms with E-state index in [2.05, 4.69) is 43.9 Å². The molecule has 0 fully saturated rings. The molecule has 8 heteroatoms. The van der Waals surface area contributed by atoms with Crippen molar-refractivity contribution in [1.29, 1.82) is 0 Å². The standard InChI is InChI=1S/C18H17IN6O/c1-26-15-9-7-13(8-10-15)12-24-18(21-22-23-24)16-11-20-25(17(16)19)14-5-3-2-4-6-14/h2-11,22-23H,12H2,1H3. The van der Waals surface area contributed by atoms with Crippen LogP contribution >= 0.6 is 22.6 Å². The number of nitrogens with zero attached hydrogens (tertiary/aromatic N) is 4. The summed E-state index contributed by atoms with van der Waals surface area (Å²) in [5.74, 6) is 1.64. The highest BCUT2D eigenvalue weighted by atomic mass is 127. The Morgan fingerprint density at radius 2 is 1.85 bits per heavy atom. The Morgan fingerprint density at radius 3 is 2.58 bits per heavy atom. The van der Waals surface area contributed by atoms with Crippen molar-refractivity contribution in [3.05, 3.63) is 75.6 Å². The van der Waals surface area contributed by atoms with Crippen molar-refractivity contribution in [2.24, 2.45) is 5.10 Å². The number of benzene rings is 2. The number of hydrazone groups is 1. The number of hydrogen-bond acceptors (Lipinski definition) is 6. The lowest BCUT2D eigenvalue weighted by Gasteiger charge is -2.18. The van der Waals surface area contributed by atoms with Gasteiger partial charge in [0.1, 0.15) is 9.45 Å². The van der Waals surface area contributed by atoms with Crippen molar-refractivity contribution in [3.8, 4) is 11.4 Å². The second-order valence-electron chi connectivity index (χ2n) is 5.69. The van der Waals surface area contributed by atoms with Gasteiger partial charge in [0.2, 0.25) is 0 Å². The van der Waals surface area contributed by atoms with Crippen LogP contribution in [0.3, 0.4) is 0 Å². The largest absolute Gasteiger partial charge is 0.497 e. The maximum Gasteiger partial charge on any atom is 0.177 e. The molecule has 2 N–H and O–H groups in total. The number of para-hydroxylation sites is 1. The molecule has 1 aliphatic heterocycles. The van der Waals surface area contributed by atoms with Crippen LogP contribution in [0, 0.1) is 3.70 Å². The Kier molecular flexibility index (Phi) is 4.76. The molecule has 0 aliphatic carbocycles. The Balaban J connectivity index is 1.58. The first kappa shape index (κ1) is 16.9. The highest BCUT2D eigenvalue weighted by Gasteiger charge is 2.24.